The summed E-state index contributed by atoms with van der Waals surface area (Å²) in [5.41, 5.74) is 6.26. The maximum atomic E-state index is 11.6. The van der Waals surface area contributed by atoms with E-state index in [9.17, 15) is 4.79 Å². The number of nitrogens with zero attached hydrogens (tertiary/aromatic N) is 2. The highest BCUT2D eigenvalue weighted by molar-refractivity contribution is 5.75. The van der Waals surface area contributed by atoms with E-state index in [0.29, 0.717) is 11.4 Å². The van der Waals surface area contributed by atoms with Gasteiger partial charge in [0.15, 0.2) is 0 Å². The Morgan fingerprint density at radius 3 is 2.62 bits per heavy atom. The molecule has 82 valence electrons. The number of nitrogens with two attached hydrogens (primary N) is 1. The number of benzene rings is 1. The quantitative estimate of drug-likeness (QED) is 0.790. The Labute approximate surface area is 92.4 Å². The molecule has 0 aliphatic heterocycles. The van der Waals surface area contributed by atoms with Gasteiger partial charge in [0.05, 0.1) is 5.69 Å². The predicted molar refractivity (Wildman–Crippen MR) is 59.2 cm³/mol. The Morgan fingerprint density at radius 1 is 1.38 bits per heavy atom. The van der Waals surface area contributed by atoms with Crippen molar-refractivity contribution in [1.29, 1.82) is 0 Å². The van der Waals surface area contributed by atoms with Crippen LogP contribution in [0.3, 0.4) is 0 Å². The van der Waals surface area contributed by atoms with Crippen LogP contribution in [0.15, 0.2) is 36.4 Å². The summed E-state index contributed by atoms with van der Waals surface area (Å²) in [6, 6.07) is 10.4. The molecule has 0 spiro atoms. The van der Waals surface area contributed by atoms with Crippen LogP contribution in [-0.2, 0) is 0 Å². The van der Waals surface area contributed by atoms with Crippen LogP contribution in [0.2, 0.25) is 0 Å². The molecule has 16 heavy (non-hydrogen) atoms. The van der Waals surface area contributed by atoms with E-state index < -0.39 is 6.09 Å². The SMILES string of the molecule is Cc1cc(N)n(C(=O)Oc2ccccc2)n1. The Morgan fingerprint density at radius 2 is 2.06 bits per heavy atom. The topological polar surface area (TPSA) is 70.1 Å². The predicted octanol–water partition coefficient (Wildman–Crippen LogP) is 1.82. The van der Waals surface area contributed by atoms with E-state index in [-0.39, 0.29) is 5.82 Å². The van der Waals surface area contributed by atoms with Gasteiger partial charge in [0.25, 0.3) is 0 Å². The number of hydrogen-bond acceptors (Lipinski definition) is 4. The van der Waals surface area contributed by atoms with E-state index in [1.54, 1.807) is 37.3 Å². The summed E-state index contributed by atoms with van der Waals surface area (Å²) >= 11 is 0. The van der Waals surface area contributed by atoms with E-state index >= 15 is 0 Å². The van der Waals surface area contributed by atoms with Gasteiger partial charge in [-0.2, -0.15) is 5.10 Å². The van der Waals surface area contributed by atoms with Gasteiger partial charge in [-0.05, 0) is 19.1 Å². The standard InChI is InChI=1S/C11H11N3O2/c1-8-7-10(12)14(13-8)11(15)16-9-5-3-2-4-6-9/h2-7H,12H2,1H3. The summed E-state index contributed by atoms with van der Waals surface area (Å²) in [6.45, 7) is 1.75. The molecule has 0 atom stereocenters. The lowest BCUT2D eigenvalue weighted by molar-refractivity contribution is 0.199. The van der Waals surface area contributed by atoms with E-state index in [2.05, 4.69) is 5.10 Å². The molecule has 2 aromatic rings. The number of ether oxygens (including phenoxy) is 1. The number of aryl methyl sites for hydroxylation is 1. The van der Waals surface area contributed by atoms with Gasteiger partial charge >= 0.3 is 6.09 Å². The molecule has 2 N–H and O–H groups in total. The van der Waals surface area contributed by atoms with Gasteiger partial charge in [0.2, 0.25) is 0 Å². The molecular weight excluding hydrogens is 206 g/mol. The summed E-state index contributed by atoms with van der Waals surface area (Å²) in [5.74, 6) is 0.721. The molecule has 0 aliphatic rings. The number of nitrogen functional groups attached to an aromatic ring is 1. The van der Waals surface area contributed by atoms with E-state index in [0.717, 1.165) is 4.68 Å². The van der Waals surface area contributed by atoms with Gasteiger partial charge in [-0.25, -0.2) is 4.79 Å². The molecule has 0 saturated carbocycles. The second-order valence-electron chi connectivity index (χ2n) is 3.30. The molecule has 0 saturated heterocycles. The fraction of sp³-hybridized carbons (Fsp3) is 0.0909. The zero-order valence-electron chi connectivity index (χ0n) is 8.75. The van der Waals surface area contributed by atoms with E-state index in [1.807, 2.05) is 6.07 Å². The van der Waals surface area contributed by atoms with Crippen LogP contribution in [0, 0.1) is 6.92 Å². The summed E-state index contributed by atoms with van der Waals surface area (Å²) in [4.78, 5) is 11.6. The van der Waals surface area contributed by atoms with Gasteiger partial charge < -0.3 is 10.5 Å². The maximum absolute atomic E-state index is 11.6. The van der Waals surface area contributed by atoms with Gasteiger partial charge in [0.1, 0.15) is 11.6 Å². The zero-order chi connectivity index (χ0) is 11.5. The molecule has 0 unspecified atom stereocenters. The highest BCUT2D eigenvalue weighted by atomic mass is 16.6. The molecule has 0 bridgehead atoms. The number of para-hydroxylation sites is 1. The third-order valence-electron chi connectivity index (χ3n) is 1.98. The van der Waals surface area contributed by atoms with Crippen molar-refractivity contribution in [1.82, 2.24) is 9.78 Å². The molecule has 5 nitrogen and oxygen atoms in total. The Bertz CT molecular complexity index is 505. The molecule has 0 radical (unpaired) electrons. The fourth-order valence-corrected chi connectivity index (χ4v) is 1.30. The van der Waals surface area contributed by atoms with E-state index in [1.165, 1.54) is 0 Å². The first-order chi connectivity index (χ1) is 7.66. The number of carbonyl (C=O) groups is 1. The third kappa shape index (κ3) is 2.03. The van der Waals surface area contributed by atoms with Crippen molar-refractivity contribution >= 4 is 11.9 Å². The smallest absolute Gasteiger partial charge is 0.409 e. The monoisotopic (exact) mass is 217 g/mol. The summed E-state index contributed by atoms with van der Waals surface area (Å²) in [6.07, 6.45) is -0.614. The van der Waals surface area contributed by atoms with Crippen molar-refractivity contribution in [3.05, 3.63) is 42.1 Å². The minimum Gasteiger partial charge on any atom is -0.409 e. The van der Waals surface area contributed by atoms with Crippen molar-refractivity contribution in [3.63, 3.8) is 0 Å². The lowest BCUT2D eigenvalue weighted by Gasteiger charge is -2.04. The van der Waals surface area contributed by atoms with Gasteiger partial charge in [-0.15, -0.1) is 4.68 Å². The number of hydrogen-bond donors (Lipinski definition) is 1. The lowest BCUT2D eigenvalue weighted by atomic mass is 10.3. The van der Waals surface area contributed by atoms with Crippen molar-refractivity contribution < 1.29 is 9.53 Å². The summed E-state index contributed by atoms with van der Waals surface area (Å²) in [5, 5.41) is 3.92. The van der Waals surface area contributed by atoms with Crippen LogP contribution in [-0.4, -0.2) is 15.9 Å². The van der Waals surface area contributed by atoms with Crippen molar-refractivity contribution in [2.75, 3.05) is 5.73 Å². The highest BCUT2D eigenvalue weighted by Crippen LogP contribution is 2.11. The average Bonchev–Trinajstić information content (AvgIpc) is 2.59. The molecule has 1 aromatic carbocycles. The van der Waals surface area contributed by atoms with Crippen molar-refractivity contribution in [3.8, 4) is 5.75 Å². The molecule has 2 rings (SSSR count). The molecule has 1 heterocycles. The Balaban J connectivity index is 2.18. The number of aromatic nitrogens is 2. The minimum atomic E-state index is -0.614. The number of rotatable bonds is 1. The van der Waals surface area contributed by atoms with Gasteiger partial charge in [-0.3, -0.25) is 0 Å². The second-order valence-corrected chi connectivity index (χ2v) is 3.30. The van der Waals surface area contributed by atoms with Crippen molar-refractivity contribution in [2.24, 2.45) is 0 Å². The fourth-order valence-electron chi connectivity index (χ4n) is 1.30. The molecular formula is C11H11N3O2. The first-order valence-corrected chi connectivity index (χ1v) is 4.76. The zero-order valence-corrected chi connectivity index (χ0v) is 8.75. The molecule has 0 fully saturated rings. The molecule has 5 heteroatoms. The second kappa shape index (κ2) is 4.06. The average molecular weight is 217 g/mol. The summed E-state index contributed by atoms with van der Waals surface area (Å²) < 4.78 is 6.11. The van der Waals surface area contributed by atoms with Gasteiger partial charge in [-0.1, -0.05) is 18.2 Å². The Kier molecular flexibility index (Phi) is 2.59. The third-order valence-corrected chi connectivity index (χ3v) is 1.98. The maximum Gasteiger partial charge on any atom is 0.442 e. The number of anilines is 1. The van der Waals surface area contributed by atoms with E-state index in [4.69, 9.17) is 10.5 Å². The van der Waals surface area contributed by atoms with Crippen LogP contribution in [0.25, 0.3) is 0 Å². The van der Waals surface area contributed by atoms with Crippen LogP contribution >= 0.6 is 0 Å². The largest absolute Gasteiger partial charge is 0.442 e. The molecule has 1 aromatic heterocycles. The summed E-state index contributed by atoms with van der Waals surface area (Å²) in [7, 11) is 0. The van der Waals surface area contributed by atoms with Crippen LogP contribution in [0.4, 0.5) is 10.6 Å². The molecule has 0 amide bonds. The minimum absolute atomic E-state index is 0.262. The highest BCUT2D eigenvalue weighted by Gasteiger charge is 2.12. The first-order valence-electron chi connectivity index (χ1n) is 4.76. The van der Waals surface area contributed by atoms with Crippen molar-refractivity contribution in [2.45, 2.75) is 6.92 Å². The normalized spacial score (nSPS) is 10.1. The van der Waals surface area contributed by atoms with Crippen LogP contribution in [0.5, 0.6) is 5.75 Å². The molecule has 0 aliphatic carbocycles. The van der Waals surface area contributed by atoms with Crippen LogP contribution in [0.1, 0.15) is 5.69 Å². The Hall–Kier alpha value is -2.30. The lowest BCUT2D eigenvalue weighted by Crippen LogP contribution is -2.20. The van der Waals surface area contributed by atoms with Crippen LogP contribution < -0.4 is 10.5 Å². The first kappa shape index (κ1) is 10.2. The number of carbonyl (C=O) groups excluding carboxylic acids is 1. The van der Waals surface area contributed by atoms with Gasteiger partial charge in [0, 0.05) is 6.07 Å².